The summed E-state index contributed by atoms with van der Waals surface area (Å²) in [4.78, 5) is -1.53. The van der Waals surface area contributed by atoms with Gasteiger partial charge in [0.2, 0.25) is 0 Å². The van der Waals surface area contributed by atoms with Gasteiger partial charge in [0.15, 0.2) is 0 Å². The van der Waals surface area contributed by atoms with E-state index in [1.807, 2.05) is 13.8 Å². The van der Waals surface area contributed by atoms with Crippen molar-refractivity contribution in [1.29, 1.82) is 0 Å². The van der Waals surface area contributed by atoms with Crippen LogP contribution in [0.5, 0.6) is 11.5 Å². The zero-order chi connectivity index (χ0) is 31.0. The van der Waals surface area contributed by atoms with Crippen molar-refractivity contribution in [2.45, 2.75) is 33.4 Å². The van der Waals surface area contributed by atoms with E-state index in [0.29, 0.717) is 47.8 Å². The predicted octanol–water partition coefficient (Wildman–Crippen LogP) is 7.27. The summed E-state index contributed by atoms with van der Waals surface area (Å²) in [7, 11) is -10.1. The smallest absolute Gasteiger partial charge is 0.125 e. The van der Waals surface area contributed by atoms with E-state index < -0.39 is 30.0 Å². The van der Waals surface area contributed by atoms with Gasteiger partial charge in [-0.05, 0) is 98.8 Å². The van der Waals surface area contributed by atoms with Crippen LogP contribution in [-0.4, -0.2) is 39.2 Å². The molecule has 4 rings (SSSR count). The Bertz CT molecular complexity index is 1720. The van der Waals surface area contributed by atoms with Crippen LogP contribution in [0.2, 0.25) is 0 Å². The fourth-order valence-corrected chi connectivity index (χ4v) is 6.43. The number of hydrogen-bond donors (Lipinski definition) is 0. The molecule has 15 heteroatoms. The predicted molar refractivity (Wildman–Crippen MR) is 157 cm³/mol. The average molecular weight is 641 g/mol. The lowest BCUT2D eigenvalue weighted by Gasteiger charge is -2.16. The summed E-state index contributed by atoms with van der Waals surface area (Å²) >= 11 is 0.623. The Labute approximate surface area is 253 Å². The van der Waals surface area contributed by atoms with Gasteiger partial charge in [-0.3, -0.25) is 0 Å². The highest BCUT2D eigenvalue weighted by molar-refractivity contribution is 8.00. The second-order valence-corrected chi connectivity index (χ2v) is 12.3. The van der Waals surface area contributed by atoms with Crippen LogP contribution in [0.4, 0.5) is 22.7 Å². The van der Waals surface area contributed by atoms with Crippen LogP contribution in [-0.2, 0) is 20.2 Å². The van der Waals surface area contributed by atoms with Gasteiger partial charge in [0.1, 0.15) is 31.7 Å². The van der Waals surface area contributed by atoms with Gasteiger partial charge in [-0.25, -0.2) is 16.8 Å². The van der Waals surface area contributed by atoms with Crippen LogP contribution < -0.4 is 9.47 Å². The lowest BCUT2D eigenvalue weighted by molar-refractivity contribution is 0.340. The zero-order valence-corrected chi connectivity index (χ0v) is 25.2. The van der Waals surface area contributed by atoms with E-state index in [9.17, 15) is 25.9 Å². The van der Waals surface area contributed by atoms with E-state index in [1.54, 1.807) is 48.5 Å². The van der Waals surface area contributed by atoms with E-state index in [-0.39, 0.29) is 21.2 Å². The first kappa shape index (κ1) is 31.8. The van der Waals surface area contributed by atoms with Gasteiger partial charge in [0.25, 0.3) is 0 Å². The molecule has 0 unspecified atom stereocenters. The molecule has 0 fully saturated rings. The van der Waals surface area contributed by atoms with Crippen molar-refractivity contribution in [3.05, 3.63) is 84.9 Å². The van der Waals surface area contributed by atoms with Crippen molar-refractivity contribution < 1.29 is 35.4 Å². The molecular formula is C28H24N4O8S3-2. The first-order valence-corrected chi connectivity index (χ1v) is 16.3. The molecule has 0 atom stereocenters. The third-order valence-electron chi connectivity index (χ3n) is 5.47. The van der Waals surface area contributed by atoms with Crippen molar-refractivity contribution in [3.63, 3.8) is 0 Å². The minimum atomic E-state index is -5.03. The van der Waals surface area contributed by atoms with Gasteiger partial charge in [-0.1, -0.05) is 11.8 Å². The molecule has 0 saturated carbocycles. The van der Waals surface area contributed by atoms with E-state index in [4.69, 9.17) is 9.47 Å². The van der Waals surface area contributed by atoms with Gasteiger partial charge in [0, 0.05) is 9.79 Å². The number of rotatable bonds is 12. The first-order valence-electron chi connectivity index (χ1n) is 12.6. The summed E-state index contributed by atoms with van der Waals surface area (Å²) in [5, 5.41) is 16.1. The Morgan fingerprint density at radius 1 is 0.558 bits per heavy atom. The monoisotopic (exact) mass is 640 g/mol. The third kappa shape index (κ3) is 8.92. The third-order valence-corrected chi connectivity index (χ3v) is 8.63. The van der Waals surface area contributed by atoms with Gasteiger partial charge >= 0.3 is 0 Å². The molecule has 224 valence electrons. The van der Waals surface area contributed by atoms with Crippen molar-refractivity contribution in [2.75, 3.05) is 13.2 Å². The standard InChI is InChI=1S/C28H26N4O8S3/c1-3-39-23-11-5-19(6-12-23)29-31-21-9-15-25(27(17-21)42(33,34)35)41-26-16-10-22(18-28(26)43(36,37)38)32-30-20-7-13-24(14-8-20)40-4-2/h5-18H,3-4H2,1-2H3,(H,33,34,35)(H,36,37,38)/p-2. The topological polar surface area (TPSA) is 182 Å². The number of benzene rings is 4. The number of azo groups is 2. The molecule has 4 aromatic rings. The minimum absolute atomic E-state index is 0.0642. The Kier molecular flexibility index (Phi) is 10.3. The second kappa shape index (κ2) is 13.9. The van der Waals surface area contributed by atoms with Crippen LogP contribution in [0.15, 0.2) is 125 Å². The zero-order valence-electron chi connectivity index (χ0n) is 22.8. The van der Waals surface area contributed by atoms with E-state index in [0.717, 1.165) is 12.1 Å². The van der Waals surface area contributed by atoms with Crippen LogP contribution in [0.3, 0.4) is 0 Å². The van der Waals surface area contributed by atoms with Crippen molar-refractivity contribution >= 4 is 54.7 Å². The molecule has 0 radical (unpaired) electrons. The highest BCUT2D eigenvalue weighted by atomic mass is 32.2. The molecule has 0 aliphatic rings. The van der Waals surface area contributed by atoms with Crippen LogP contribution in [0, 0.1) is 0 Å². The summed E-state index contributed by atoms with van der Waals surface area (Å²) in [6.07, 6.45) is 0. The van der Waals surface area contributed by atoms with Crippen LogP contribution in [0.25, 0.3) is 0 Å². The van der Waals surface area contributed by atoms with E-state index >= 15 is 0 Å². The SMILES string of the molecule is CCOc1ccc(N=Nc2ccc(Sc3ccc(N=Nc4ccc(OCC)cc4)cc3S(=O)(=O)[O-])c(S(=O)(=O)[O-])c2)cc1. The number of ether oxygens (including phenoxy) is 2. The Hall–Kier alpha value is -4.15. The van der Waals surface area contributed by atoms with E-state index in [2.05, 4.69) is 20.5 Å². The molecule has 0 aromatic heterocycles. The van der Waals surface area contributed by atoms with Gasteiger partial charge in [-0.2, -0.15) is 20.5 Å². The fourth-order valence-electron chi connectivity index (χ4n) is 3.58. The lowest BCUT2D eigenvalue weighted by atomic mass is 10.3. The van der Waals surface area contributed by atoms with Crippen molar-refractivity contribution in [1.82, 2.24) is 0 Å². The summed E-state index contributed by atoms with van der Waals surface area (Å²) in [5.41, 5.74) is 1.04. The minimum Gasteiger partial charge on any atom is -0.744 e. The van der Waals surface area contributed by atoms with Crippen molar-refractivity contribution in [3.8, 4) is 11.5 Å². The maximum atomic E-state index is 12.1. The molecule has 0 aliphatic heterocycles. The maximum Gasteiger partial charge on any atom is 0.125 e. The summed E-state index contributed by atoms with van der Waals surface area (Å²) in [6, 6.07) is 20.8. The molecule has 0 spiro atoms. The van der Waals surface area contributed by atoms with E-state index in [1.165, 1.54) is 24.3 Å². The lowest BCUT2D eigenvalue weighted by Crippen LogP contribution is -2.03. The summed E-state index contributed by atoms with van der Waals surface area (Å²) < 4.78 is 83.4. The van der Waals surface area contributed by atoms with Crippen molar-refractivity contribution in [2.24, 2.45) is 20.5 Å². The molecule has 0 bridgehead atoms. The van der Waals surface area contributed by atoms with Gasteiger partial charge < -0.3 is 18.6 Å². The Balaban J connectivity index is 1.61. The molecule has 43 heavy (non-hydrogen) atoms. The number of hydrogen-bond acceptors (Lipinski definition) is 13. The quantitative estimate of drug-likeness (QED) is 0.113. The summed E-state index contributed by atoms with van der Waals surface area (Å²) in [5.74, 6) is 1.29. The fraction of sp³-hybridized carbons (Fsp3) is 0.143. The van der Waals surface area contributed by atoms with Crippen LogP contribution in [0.1, 0.15) is 13.8 Å². The first-order chi connectivity index (χ1) is 20.5. The molecule has 0 heterocycles. The molecule has 0 amide bonds. The molecule has 0 saturated heterocycles. The Morgan fingerprint density at radius 2 is 0.884 bits per heavy atom. The summed E-state index contributed by atoms with van der Waals surface area (Å²) in [6.45, 7) is 4.70. The molecule has 12 nitrogen and oxygen atoms in total. The average Bonchev–Trinajstić information content (AvgIpc) is 2.97. The molecule has 0 aliphatic carbocycles. The highest BCUT2D eigenvalue weighted by Gasteiger charge is 2.17. The second-order valence-electron chi connectivity index (χ2n) is 8.53. The molecule has 4 aromatic carbocycles. The normalized spacial score (nSPS) is 12.2. The number of nitrogens with zero attached hydrogens (tertiary/aromatic N) is 4. The van der Waals surface area contributed by atoms with Gasteiger partial charge in [0.05, 0.1) is 45.8 Å². The van der Waals surface area contributed by atoms with Crippen LogP contribution >= 0.6 is 11.8 Å². The Morgan fingerprint density at radius 3 is 1.21 bits per heavy atom. The highest BCUT2D eigenvalue weighted by Crippen LogP contribution is 2.39. The molecular weight excluding hydrogens is 617 g/mol. The van der Waals surface area contributed by atoms with Gasteiger partial charge in [-0.15, -0.1) is 0 Å². The largest absolute Gasteiger partial charge is 0.744 e. The maximum absolute atomic E-state index is 12.1. The molecule has 0 N–H and O–H groups in total.